The Kier molecular flexibility index (Phi) is 4.30. The van der Waals surface area contributed by atoms with Crippen LogP contribution in [0.2, 0.25) is 0 Å². The molecule has 0 radical (unpaired) electrons. The number of hydrogen-bond acceptors (Lipinski definition) is 5. The summed E-state index contributed by atoms with van der Waals surface area (Å²) in [6.07, 6.45) is 5.85. The van der Waals surface area contributed by atoms with Crippen LogP contribution in [0, 0.1) is 0 Å². The SMILES string of the molecule is CC1c2nc(C(=O)N3CCOCC3)cn2CCN1Cc1cnn(C)c1. The monoisotopic (exact) mass is 344 g/mol. The number of hydrogen-bond donors (Lipinski definition) is 0. The largest absolute Gasteiger partial charge is 0.378 e. The minimum absolute atomic E-state index is 0.0104. The van der Waals surface area contributed by atoms with E-state index < -0.39 is 0 Å². The highest BCUT2D eigenvalue weighted by atomic mass is 16.5. The normalized spacial score (nSPS) is 21.4. The molecule has 8 heteroatoms. The number of ether oxygens (including phenoxy) is 1. The molecule has 1 fully saturated rings. The second-order valence-electron chi connectivity index (χ2n) is 6.75. The standard InChI is InChI=1S/C17H24N6O2/c1-13-16-19-15(17(24)21-5-7-25-8-6-21)12-23(16)4-3-22(13)11-14-9-18-20(2)10-14/h9-10,12-13H,3-8,11H2,1-2H3. The summed E-state index contributed by atoms with van der Waals surface area (Å²) in [7, 11) is 1.93. The van der Waals surface area contributed by atoms with Gasteiger partial charge in [-0.05, 0) is 6.92 Å². The fraction of sp³-hybridized carbons (Fsp3) is 0.588. The number of carbonyl (C=O) groups is 1. The Morgan fingerprint density at radius 3 is 2.76 bits per heavy atom. The fourth-order valence-electron chi connectivity index (χ4n) is 3.57. The molecule has 0 N–H and O–H groups in total. The quantitative estimate of drug-likeness (QED) is 0.818. The number of imidazole rings is 1. The zero-order valence-corrected chi connectivity index (χ0v) is 14.8. The molecule has 25 heavy (non-hydrogen) atoms. The Morgan fingerprint density at radius 1 is 1.24 bits per heavy atom. The van der Waals surface area contributed by atoms with Crippen LogP contribution in [-0.4, -0.2) is 67.9 Å². The zero-order valence-electron chi connectivity index (χ0n) is 14.8. The van der Waals surface area contributed by atoms with Crippen LogP contribution in [0.15, 0.2) is 18.6 Å². The number of morpholine rings is 1. The maximum Gasteiger partial charge on any atom is 0.274 e. The molecular weight excluding hydrogens is 320 g/mol. The van der Waals surface area contributed by atoms with Crippen molar-refractivity contribution in [3.05, 3.63) is 35.7 Å². The molecule has 0 bridgehead atoms. The molecule has 0 saturated carbocycles. The lowest BCUT2D eigenvalue weighted by Gasteiger charge is -2.33. The molecule has 2 aliphatic rings. The molecule has 0 spiro atoms. The number of amides is 1. The van der Waals surface area contributed by atoms with Gasteiger partial charge in [-0.1, -0.05) is 0 Å². The van der Waals surface area contributed by atoms with Gasteiger partial charge >= 0.3 is 0 Å². The predicted molar refractivity (Wildman–Crippen MR) is 91.0 cm³/mol. The van der Waals surface area contributed by atoms with Gasteiger partial charge in [-0.15, -0.1) is 0 Å². The summed E-state index contributed by atoms with van der Waals surface area (Å²) in [4.78, 5) is 21.5. The Morgan fingerprint density at radius 2 is 2.04 bits per heavy atom. The van der Waals surface area contributed by atoms with E-state index in [9.17, 15) is 4.79 Å². The Bertz CT molecular complexity index is 761. The summed E-state index contributed by atoms with van der Waals surface area (Å²) < 4.78 is 9.27. The first kappa shape index (κ1) is 16.3. The molecule has 1 saturated heterocycles. The van der Waals surface area contributed by atoms with Gasteiger partial charge in [0, 0.05) is 57.7 Å². The molecule has 2 aromatic rings. The average molecular weight is 344 g/mol. The van der Waals surface area contributed by atoms with Gasteiger partial charge in [-0.25, -0.2) is 4.98 Å². The van der Waals surface area contributed by atoms with Crippen LogP contribution in [0.5, 0.6) is 0 Å². The molecular formula is C17H24N6O2. The van der Waals surface area contributed by atoms with Crippen LogP contribution in [-0.2, 0) is 24.9 Å². The highest BCUT2D eigenvalue weighted by Gasteiger charge is 2.29. The summed E-state index contributed by atoms with van der Waals surface area (Å²) in [6.45, 7) is 7.27. The van der Waals surface area contributed by atoms with Crippen molar-refractivity contribution in [2.24, 2.45) is 7.05 Å². The molecule has 0 aromatic carbocycles. The Hall–Kier alpha value is -2.19. The van der Waals surface area contributed by atoms with Crippen LogP contribution in [0.4, 0.5) is 0 Å². The maximum atomic E-state index is 12.7. The lowest BCUT2D eigenvalue weighted by atomic mass is 10.2. The van der Waals surface area contributed by atoms with E-state index in [2.05, 4.69) is 26.5 Å². The number of fused-ring (bicyclic) bond motifs is 1. The third-order valence-electron chi connectivity index (χ3n) is 5.02. The first-order valence-corrected chi connectivity index (χ1v) is 8.77. The smallest absolute Gasteiger partial charge is 0.274 e. The Balaban J connectivity index is 1.50. The summed E-state index contributed by atoms with van der Waals surface area (Å²) >= 11 is 0. The van der Waals surface area contributed by atoms with Gasteiger partial charge in [-0.2, -0.15) is 5.10 Å². The maximum absolute atomic E-state index is 12.7. The van der Waals surface area contributed by atoms with Crippen molar-refractivity contribution in [1.29, 1.82) is 0 Å². The molecule has 8 nitrogen and oxygen atoms in total. The number of aromatic nitrogens is 4. The average Bonchev–Trinajstić information content (AvgIpc) is 3.24. The molecule has 0 aliphatic carbocycles. The summed E-state index contributed by atoms with van der Waals surface area (Å²) in [5.41, 5.74) is 1.74. The predicted octanol–water partition coefficient (Wildman–Crippen LogP) is 0.666. The third kappa shape index (κ3) is 3.19. The van der Waals surface area contributed by atoms with E-state index in [4.69, 9.17) is 4.74 Å². The molecule has 1 unspecified atom stereocenters. The molecule has 1 amide bonds. The van der Waals surface area contributed by atoms with Crippen LogP contribution in [0.25, 0.3) is 0 Å². The van der Waals surface area contributed by atoms with Crippen molar-refractivity contribution in [2.45, 2.75) is 26.1 Å². The summed E-state index contributed by atoms with van der Waals surface area (Å²) in [5.74, 6) is 0.975. The van der Waals surface area contributed by atoms with E-state index in [1.54, 1.807) is 0 Å². The van der Waals surface area contributed by atoms with Crippen molar-refractivity contribution in [2.75, 3.05) is 32.8 Å². The first-order valence-electron chi connectivity index (χ1n) is 8.77. The number of rotatable bonds is 3. The van der Waals surface area contributed by atoms with Crippen LogP contribution in [0.1, 0.15) is 34.8 Å². The molecule has 4 rings (SSSR count). The molecule has 4 heterocycles. The van der Waals surface area contributed by atoms with E-state index in [0.717, 1.165) is 25.5 Å². The zero-order chi connectivity index (χ0) is 17.4. The van der Waals surface area contributed by atoms with E-state index in [0.29, 0.717) is 32.0 Å². The third-order valence-corrected chi connectivity index (χ3v) is 5.02. The first-order chi connectivity index (χ1) is 12.1. The second kappa shape index (κ2) is 6.61. The summed E-state index contributed by atoms with van der Waals surface area (Å²) in [6, 6.07) is 0.167. The fourth-order valence-corrected chi connectivity index (χ4v) is 3.57. The van der Waals surface area contributed by atoms with Crippen molar-refractivity contribution >= 4 is 5.91 Å². The van der Waals surface area contributed by atoms with E-state index in [1.807, 2.05) is 35.2 Å². The van der Waals surface area contributed by atoms with Crippen molar-refractivity contribution in [1.82, 2.24) is 29.1 Å². The highest BCUT2D eigenvalue weighted by Crippen LogP contribution is 2.26. The number of carbonyl (C=O) groups excluding carboxylic acids is 1. The number of nitrogens with zero attached hydrogens (tertiary/aromatic N) is 6. The topological polar surface area (TPSA) is 68.4 Å². The van der Waals surface area contributed by atoms with Gasteiger partial charge in [0.05, 0.1) is 25.5 Å². The molecule has 2 aliphatic heterocycles. The van der Waals surface area contributed by atoms with Gasteiger partial charge in [0.1, 0.15) is 11.5 Å². The number of aryl methyl sites for hydroxylation is 1. The highest BCUT2D eigenvalue weighted by molar-refractivity contribution is 5.92. The van der Waals surface area contributed by atoms with Crippen LogP contribution < -0.4 is 0 Å². The minimum atomic E-state index is 0.0104. The van der Waals surface area contributed by atoms with E-state index in [1.165, 1.54) is 5.56 Å². The lowest BCUT2D eigenvalue weighted by molar-refractivity contribution is 0.0299. The van der Waals surface area contributed by atoms with Crippen LogP contribution >= 0.6 is 0 Å². The van der Waals surface area contributed by atoms with Crippen molar-refractivity contribution < 1.29 is 9.53 Å². The van der Waals surface area contributed by atoms with Crippen molar-refractivity contribution in [3.63, 3.8) is 0 Å². The molecule has 2 aromatic heterocycles. The second-order valence-corrected chi connectivity index (χ2v) is 6.75. The van der Waals surface area contributed by atoms with Gasteiger partial charge in [0.15, 0.2) is 0 Å². The van der Waals surface area contributed by atoms with E-state index in [-0.39, 0.29) is 11.9 Å². The molecule has 134 valence electrons. The van der Waals surface area contributed by atoms with Gasteiger partial charge in [0.25, 0.3) is 5.91 Å². The van der Waals surface area contributed by atoms with Gasteiger partial charge < -0.3 is 14.2 Å². The molecule has 1 atom stereocenters. The van der Waals surface area contributed by atoms with Crippen LogP contribution in [0.3, 0.4) is 0 Å². The van der Waals surface area contributed by atoms with Gasteiger partial charge in [0.2, 0.25) is 0 Å². The Labute approximate surface area is 147 Å². The summed E-state index contributed by atoms with van der Waals surface area (Å²) in [5, 5.41) is 4.24. The van der Waals surface area contributed by atoms with Gasteiger partial charge in [-0.3, -0.25) is 14.4 Å². The minimum Gasteiger partial charge on any atom is -0.378 e. The van der Waals surface area contributed by atoms with Crippen molar-refractivity contribution in [3.8, 4) is 0 Å². The lowest BCUT2D eigenvalue weighted by Crippen LogP contribution is -2.40. The van der Waals surface area contributed by atoms with E-state index >= 15 is 0 Å².